The van der Waals surface area contributed by atoms with Crippen LogP contribution in [0.1, 0.15) is 12.1 Å². The van der Waals surface area contributed by atoms with Gasteiger partial charge in [0.2, 0.25) is 0 Å². The number of oxime groups is 1. The highest BCUT2D eigenvalue weighted by atomic mass is 16.4. The van der Waals surface area contributed by atoms with Gasteiger partial charge in [-0.2, -0.15) is 0 Å². The second kappa shape index (κ2) is 6.84. The Morgan fingerprint density at radius 3 is 2.68 bits per heavy atom. The van der Waals surface area contributed by atoms with E-state index in [2.05, 4.69) is 36.6 Å². The number of rotatable bonds is 6. The number of aromatic nitrogens is 1. The van der Waals surface area contributed by atoms with Gasteiger partial charge < -0.3 is 15.0 Å². The molecular weight excluding hydrogens is 244 g/mol. The highest BCUT2D eigenvalue weighted by Gasteiger charge is 2.15. The summed E-state index contributed by atoms with van der Waals surface area (Å²) in [7, 11) is 6.28. The van der Waals surface area contributed by atoms with Crippen molar-refractivity contribution in [1.29, 1.82) is 0 Å². The molecule has 1 aromatic rings. The van der Waals surface area contributed by atoms with Crippen LogP contribution in [0.15, 0.2) is 29.6 Å². The lowest BCUT2D eigenvalue weighted by molar-refractivity contribution is -0.870. The fourth-order valence-electron chi connectivity index (χ4n) is 1.55. The van der Waals surface area contributed by atoms with Gasteiger partial charge >= 0.3 is 0 Å². The second-order valence-electron chi connectivity index (χ2n) is 5.29. The molecule has 0 saturated heterocycles. The van der Waals surface area contributed by atoms with Crippen LogP contribution >= 0.6 is 0 Å². The van der Waals surface area contributed by atoms with Crippen molar-refractivity contribution >= 4 is 11.6 Å². The third kappa shape index (κ3) is 5.48. The zero-order valence-corrected chi connectivity index (χ0v) is 11.6. The van der Waals surface area contributed by atoms with Gasteiger partial charge in [0.05, 0.1) is 33.4 Å². The fourth-order valence-corrected chi connectivity index (χ4v) is 1.55. The number of pyridine rings is 1. The molecule has 0 spiro atoms. The van der Waals surface area contributed by atoms with Gasteiger partial charge in [0.15, 0.2) is 5.71 Å². The third-order valence-electron chi connectivity index (χ3n) is 2.51. The van der Waals surface area contributed by atoms with Gasteiger partial charge in [-0.1, -0.05) is 11.2 Å². The van der Waals surface area contributed by atoms with Crippen LogP contribution in [0, 0.1) is 0 Å². The number of amides is 1. The highest BCUT2D eigenvalue weighted by Crippen LogP contribution is 1.97. The lowest BCUT2D eigenvalue weighted by atomic mass is 10.2. The van der Waals surface area contributed by atoms with Crippen LogP contribution in [0.2, 0.25) is 0 Å². The first kappa shape index (κ1) is 15.1. The summed E-state index contributed by atoms with van der Waals surface area (Å²) in [6.45, 7) is 1.50. The molecule has 6 nitrogen and oxygen atoms in total. The van der Waals surface area contributed by atoms with Gasteiger partial charge in [0.1, 0.15) is 0 Å². The minimum atomic E-state index is -0.414. The molecule has 1 amide bonds. The topological polar surface area (TPSA) is 74.6 Å². The average Bonchev–Trinajstić information content (AvgIpc) is 2.36. The van der Waals surface area contributed by atoms with Crippen LogP contribution in [0.3, 0.4) is 0 Å². The number of quaternary nitrogens is 1. The molecule has 0 atom stereocenters. The molecule has 6 heteroatoms. The largest absolute Gasteiger partial charge is 0.410 e. The van der Waals surface area contributed by atoms with Crippen LogP contribution in [-0.4, -0.2) is 60.5 Å². The van der Waals surface area contributed by atoms with Crippen molar-refractivity contribution in [3.8, 4) is 0 Å². The molecule has 0 fully saturated rings. The van der Waals surface area contributed by atoms with Gasteiger partial charge in [-0.15, -0.1) is 0 Å². The Bertz CT molecular complexity index is 438. The number of nitrogens with zero attached hydrogens (tertiary/aromatic N) is 3. The summed E-state index contributed by atoms with van der Waals surface area (Å²) in [6, 6.07) is 5.09. The zero-order chi connectivity index (χ0) is 14.3. The average molecular weight is 265 g/mol. The predicted molar refractivity (Wildman–Crippen MR) is 73.1 cm³/mol. The van der Waals surface area contributed by atoms with E-state index < -0.39 is 5.91 Å². The molecule has 0 aromatic carbocycles. The van der Waals surface area contributed by atoms with Gasteiger partial charge in [-0.05, 0) is 12.1 Å². The molecule has 0 saturated carbocycles. The summed E-state index contributed by atoms with van der Waals surface area (Å²) < 4.78 is 0.844. The smallest absolute Gasteiger partial charge is 0.275 e. The Kier molecular flexibility index (Phi) is 5.44. The molecule has 2 N–H and O–H groups in total. The van der Waals surface area contributed by atoms with Gasteiger partial charge in [-0.3, -0.25) is 9.78 Å². The number of carbonyl (C=O) groups is 1. The van der Waals surface area contributed by atoms with Crippen molar-refractivity contribution in [2.75, 3.05) is 34.2 Å². The van der Waals surface area contributed by atoms with Gasteiger partial charge in [0, 0.05) is 19.2 Å². The minimum Gasteiger partial charge on any atom is -0.410 e. The number of carbonyl (C=O) groups excluding carboxylic acids is 1. The molecular formula is C13H21N4O2+. The van der Waals surface area contributed by atoms with Crippen molar-refractivity contribution < 1.29 is 14.5 Å². The lowest BCUT2D eigenvalue weighted by Gasteiger charge is -2.23. The Hall–Kier alpha value is -1.95. The fraction of sp³-hybridized carbons (Fsp3) is 0.462. The van der Waals surface area contributed by atoms with Gasteiger partial charge in [0.25, 0.3) is 5.91 Å². The maximum Gasteiger partial charge on any atom is 0.275 e. The maximum absolute atomic E-state index is 11.9. The quantitative estimate of drug-likeness (QED) is 0.258. The minimum absolute atomic E-state index is 0.0640. The van der Waals surface area contributed by atoms with E-state index in [4.69, 9.17) is 5.21 Å². The first-order valence-corrected chi connectivity index (χ1v) is 6.16. The summed E-state index contributed by atoms with van der Waals surface area (Å²) in [5, 5.41) is 14.7. The SMILES string of the molecule is C[N+](C)(C)CCCNC(=O)/C(=N\O)c1ccccn1. The normalized spacial score (nSPS) is 12.3. The number of hydrogen-bond acceptors (Lipinski definition) is 4. The van der Waals surface area contributed by atoms with Crippen molar-refractivity contribution in [3.63, 3.8) is 0 Å². The van der Waals surface area contributed by atoms with E-state index in [1.807, 2.05) is 0 Å². The second-order valence-corrected chi connectivity index (χ2v) is 5.29. The molecule has 1 aromatic heterocycles. The van der Waals surface area contributed by atoms with Crippen LogP contribution in [0.25, 0.3) is 0 Å². The van der Waals surface area contributed by atoms with E-state index in [1.54, 1.807) is 24.4 Å². The van der Waals surface area contributed by atoms with Crippen LogP contribution in [0.5, 0.6) is 0 Å². The lowest BCUT2D eigenvalue weighted by Crippen LogP contribution is -2.38. The molecule has 0 radical (unpaired) electrons. The van der Waals surface area contributed by atoms with Crippen molar-refractivity contribution in [1.82, 2.24) is 10.3 Å². The van der Waals surface area contributed by atoms with E-state index in [-0.39, 0.29) is 5.71 Å². The van der Waals surface area contributed by atoms with E-state index in [9.17, 15) is 4.79 Å². The van der Waals surface area contributed by atoms with Crippen molar-refractivity contribution in [2.24, 2.45) is 5.16 Å². The standard InChI is InChI=1S/C13H20N4O2/c1-17(2,3)10-6-9-15-13(18)12(16-19)11-7-4-5-8-14-11/h4-5,7-8H,6,9-10H2,1-3H3,(H-,14,15,18,19)/p+1. The Morgan fingerprint density at radius 1 is 1.42 bits per heavy atom. The molecule has 0 bridgehead atoms. The molecule has 0 aliphatic heterocycles. The van der Waals surface area contributed by atoms with Crippen LogP contribution in [-0.2, 0) is 4.79 Å². The summed E-state index contributed by atoms with van der Waals surface area (Å²) in [5.41, 5.74) is 0.292. The summed E-state index contributed by atoms with van der Waals surface area (Å²) in [5.74, 6) is -0.414. The predicted octanol–water partition coefficient (Wildman–Crippen LogP) is 0.472. The molecule has 0 aliphatic rings. The Morgan fingerprint density at radius 2 is 2.16 bits per heavy atom. The summed E-state index contributed by atoms with van der Waals surface area (Å²) >= 11 is 0. The highest BCUT2D eigenvalue weighted by molar-refractivity contribution is 6.44. The first-order chi connectivity index (χ1) is 8.94. The molecule has 1 heterocycles. The summed E-state index contributed by atoms with van der Waals surface area (Å²) in [6.07, 6.45) is 2.40. The Balaban J connectivity index is 2.49. The Labute approximate surface area is 113 Å². The van der Waals surface area contributed by atoms with E-state index in [0.29, 0.717) is 12.2 Å². The monoisotopic (exact) mass is 265 g/mol. The molecule has 0 unspecified atom stereocenters. The zero-order valence-electron chi connectivity index (χ0n) is 11.6. The van der Waals surface area contributed by atoms with Gasteiger partial charge in [-0.25, -0.2) is 0 Å². The van der Waals surface area contributed by atoms with Crippen molar-refractivity contribution in [2.45, 2.75) is 6.42 Å². The van der Waals surface area contributed by atoms with Crippen molar-refractivity contribution in [3.05, 3.63) is 30.1 Å². The van der Waals surface area contributed by atoms with Crippen LogP contribution < -0.4 is 5.32 Å². The maximum atomic E-state index is 11.9. The first-order valence-electron chi connectivity index (χ1n) is 6.16. The molecule has 104 valence electrons. The van der Waals surface area contributed by atoms with E-state index >= 15 is 0 Å². The number of hydrogen-bond donors (Lipinski definition) is 2. The molecule has 0 aliphatic carbocycles. The number of nitrogens with one attached hydrogen (secondary N) is 1. The summed E-state index contributed by atoms with van der Waals surface area (Å²) in [4.78, 5) is 15.8. The van der Waals surface area contributed by atoms with E-state index in [0.717, 1.165) is 17.4 Å². The van der Waals surface area contributed by atoms with Crippen LogP contribution in [0.4, 0.5) is 0 Å². The molecule has 1 rings (SSSR count). The third-order valence-corrected chi connectivity index (χ3v) is 2.51. The van der Waals surface area contributed by atoms with E-state index in [1.165, 1.54) is 0 Å². The molecule has 19 heavy (non-hydrogen) atoms.